The molecule has 2 aromatic carbocycles. The summed E-state index contributed by atoms with van der Waals surface area (Å²) in [5.41, 5.74) is 1.93. The summed E-state index contributed by atoms with van der Waals surface area (Å²) in [5, 5.41) is 5.40. The summed E-state index contributed by atoms with van der Waals surface area (Å²) in [6, 6.07) is 14.1. The Morgan fingerprint density at radius 3 is 2.34 bits per heavy atom. The van der Waals surface area contributed by atoms with Crippen molar-refractivity contribution in [1.82, 2.24) is 5.32 Å². The van der Waals surface area contributed by atoms with E-state index in [2.05, 4.69) is 24.5 Å². The summed E-state index contributed by atoms with van der Waals surface area (Å²) in [6.07, 6.45) is 1.19. The highest BCUT2D eigenvalue weighted by Gasteiger charge is 2.15. The normalized spacial score (nSPS) is 11.6. The molecule has 0 aliphatic heterocycles. The Labute approximate surface area is 172 Å². The molecule has 0 spiro atoms. The van der Waals surface area contributed by atoms with Crippen LogP contribution < -0.4 is 15.4 Å². The van der Waals surface area contributed by atoms with Crippen molar-refractivity contribution in [3.63, 3.8) is 0 Å². The van der Waals surface area contributed by atoms with E-state index < -0.39 is 18.2 Å². The Morgan fingerprint density at radius 2 is 1.69 bits per heavy atom. The van der Waals surface area contributed by atoms with Gasteiger partial charge in [0.2, 0.25) is 0 Å². The Balaban J connectivity index is 1.92. The second-order valence-corrected chi connectivity index (χ2v) is 7.12. The first-order valence-corrected chi connectivity index (χ1v) is 10.0. The maximum absolute atomic E-state index is 12.3. The summed E-state index contributed by atoms with van der Waals surface area (Å²) >= 11 is 0. The smallest absolute Gasteiger partial charge is 0.340 e. The molecule has 6 nitrogen and oxygen atoms in total. The Bertz CT molecular complexity index is 803. The number of nitrogens with one attached hydrogen (secondary N) is 2. The molecule has 1 atom stereocenters. The Kier molecular flexibility index (Phi) is 8.52. The van der Waals surface area contributed by atoms with Crippen LogP contribution in [0.1, 0.15) is 62.4 Å². The van der Waals surface area contributed by atoms with Crippen LogP contribution in [0.15, 0.2) is 48.5 Å². The van der Waals surface area contributed by atoms with Gasteiger partial charge in [-0.3, -0.25) is 0 Å². The topological polar surface area (TPSA) is 76.7 Å². The molecule has 0 aliphatic carbocycles. The molecule has 0 aromatic heterocycles. The number of rotatable bonds is 9. The predicted molar refractivity (Wildman–Crippen MR) is 114 cm³/mol. The average Bonchev–Trinajstić information content (AvgIpc) is 2.68. The standard InChI is InChI=1S/C23H30N2O4/c1-5-6-15-28-22(26)20-9-7-8-10-21(20)25-23(27)24-17(4)29-19-13-11-18(12-14-19)16(2)3/h7-14,16-17H,5-6,15H2,1-4H3,(H2,24,25,27). The van der Waals surface area contributed by atoms with E-state index in [1.54, 1.807) is 31.2 Å². The first-order chi connectivity index (χ1) is 13.9. The van der Waals surface area contributed by atoms with E-state index in [1.165, 1.54) is 5.56 Å². The van der Waals surface area contributed by atoms with Crippen LogP contribution in [-0.2, 0) is 4.74 Å². The van der Waals surface area contributed by atoms with E-state index in [1.807, 2.05) is 31.2 Å². The van der Waals surface area contributed by atoms with Crippen LogP contribution in [0.25, 0.3) is 0 Å². The van der Waals surface area contributed by atoms with E-state index in [0.717, 1.165) is 12.8 Å². The lowest BCUT2D eigenvalue weighted by Crippen LogP contribution is -2.39. The van der Waals surface area contributed by atoms with Gasteiger partial charge >= 0.3 is 12.0 Å². The molecular weight excluding hydrogens is 368 g/mol. The summed E-state index contributed by atoms with van der Waals surface area (Å²) in [5.74, 6) is 0.657. The first kappa shape index (κ1) is 22.3. The predicted octanol–water partition coefficient (Wildman–Crippen LogP) is 5.31. The number of para-hydroxylation sites is 1. The number of anilines is 1. The van der Waals surface area contributed by atoms with E-state index >= 15 is 0 Å². The SMILES string of the molecule is CCCCOC(=O)c1ccccc1NC(=O)NC(C)Oc1ccc(C(C)C)cc1. The van der Waals surface area contributed by atoms with Crippen molar-refractivity contribution in [2.45, 2.75) is 52.7 Å². The van der Waals surface area contributed by atoms with E-state index in [4.69, 9.17) is 9.47 Å². The van der Waals surface area contributed by atoms with Gasteiger partial charge in [0.05, 0.1) is 17.9 Å². The molecule has 0 bridgehead atoms. The van der Waals surface area contributed by atoms with Gasteiger partial charge in [-0.1, -0.05) is 51.5 Å². The van der Waals surface area contributed by atoms with Gasteiger partial charge in [0.1, 0.15) is 5.75 Å². The summed E-state index contributed by atoms with van der Waals surface area (Å²) in [7, 11) is 0. The van der Waals surface area contributed by atoms with Gasteiger partial charge in [0.15, 0.2) is 6.23 Å². The van der Waals surface area contributed by atoms with Crippen molar-refractivity contribution in [1.29, 1.82) is 0 Å². The molecule has 156 valence electrons. The fourth-order valence-electron chi connectivity index (χ4n) is 2.66. The van der Waals surface area contributed by atoms with Crippen molar-refractivity contribution >= 4 is 17.7 Å². The molecule has 2 N–H and O–H groups in total. The zero-order chi connectivity index (χ0) is 21.2. The molecule has 2 rings (SSSR count). The third-order valence-corrected chi connectivity index (χ3v) is 4.32. The highest BCUT2D eigenvalue weighted by atomic mass is 16.5. The molecule has 2 amide bonds. The van der Waals surface area contributed by atoms with Crippen molar-refractivity contribution in [3.05, 3.63) is 59.7 Å². The van der Waals surface area contributed by atoms with E-state index in [0.29, 0.717) is 29.5 Å². The van der Waals surface area contributed by atoms with Crippen molar-refractivity contribution in [2.75, 3.05) is 11.9 Å². The average molecular weight is 399 g/mol. The van der Waals surface area contributed by atoms with Gasteiger partial charge in [-0.25, -0.2) is 9.59 Å². The molecule has 0 heterocycles. The fourth-order valence-corrected chi connectivity index (χ4v) is 2.66. The van der Waals surface area contributed by atoms with Crippen LogP contribution in [0.4, 0.5) is 10.5 Å². The molecule has 1 unspecified atom stereocenters. The molecule has 2 aromatic rings. The number of unbranched alkanes of at least 4 members (excludes halogenated alkanes) is 1. The fraction of sp³-hybridized carbons (Fsp3) is 0.391. The number of esters is 1. The van der Waals surface area contributed by atoms with E-state index in [-0.39, 0.29) is 0 Å². The third kappa shape index (κ3) is 7.14. The molecule has 0 aliphatic rings. The van der Waals surface area contributed by atoms with Crippen LogP contribution in [0.2, 0.25) is 0 Å². The van der Waals surface area contributed by atoms with Gasteiger partial charge in [0.25, 0.3) is 0 Å². The number of amides is 2. The van der Waals surface area contributed by atoms with Gasteiger partial charge in [-0.2, -0.15) is 0 Å². The molecule has 6 heteroatoms. The summed E-state index contributed by atoms with van der Waals surface area (Å²) in [4.78, 5) is 24.6. The Morgan fingerprint density at radius 1 is 1.00 bits per heavy atom. The lowest BCUT2D eigenvalue weighted by Gasteiger charge is -2.18. The van der Waals surface area contributed by atoms with Crippen LogP contribution in [0.3, 0.4) is 0 Å². The van der Waals surface area contributed by atoms with Gasteiger partial charge < -0.3 is 20.1 Å². The third-order valence-electron chi connectivity index (χ3n) is 4.32. The summed E-state index contributed by atoms with van der Waals surface area (Å²) in [6.45, 7) is 8.37. The molecule has 0 saturated carbocycles. The first-order valence-electron chi connectivity index (χ1n) is 10.0. The number of urea groups is 1. The van der Waals surface area contributed by atoms with Crippen LogP contribution in [0, 0.1) is 0 Å². The molecular formula is C23H30N2O4. The minimum absolute atomic E-state index is 0.316. The van der Waals surface area contributed by atoms with Gasteiger partial charge in [0, 0.05) is 0 Å². The molecule has 29 heavy (non-hydrogen) atoms. The molecule has 0 radical (unpaired) electrons. The number of hydrogen-bond acceptors (Lipinski definition) is 4. The van der Waals surface area contributed by atoms with Crippen LogP contribution >= 0.6 is 0 Å². The second kappa shape index (κ2) is 11.1. The lowest BCUT2D eigenvalue weighted by molar-refractivity contribution is 0.0501. The van der Waals surface area contributed by atoms with Crippen LogP contribution in [0.5, 0.6) is 5.75 Å². The number of hydrogen-bond donors (Lipinski definition) is 2. The van der Waals surface area contributed by atoms with Crippen molar-refractivity contribution in [3.8, 4) is 5.75 Å². The highest BCUT2D eigenvalue weighted by Crippen LogP contribution is 2.19. The minimum atomic E-state index is -0.552. The van der Waals surface area contributed by atoms with Crippen molar-refractivity contribution in [2.24, 2.45) is 0 Å². The summed E-state index contributed by atoms with van der Waals surface area (Å²) < 4.78 is 11.0. The molecule has 0 fully saturated rings. The zero-order valence-corrected chi connectivity index (χ0v) is 17.5. The quantitative estimate of drug-likeness (QED) is 0.341. The number of carbonyl (C=O) groups is 2. The second-order valence-electron chi connectivity index (χ2n) is 7.12. The molecule has 0 saturated heterocycles. The number of ether oxygens (including phenoxy) is 2. The minimum Gasteiger partial charge on any atom is -0.471 e. The van der Waals surface area contributed by atoms with Gasteiger partial charge in [-0.05, 0) is 49.1 Å². The maximum atomic E-state index is 12.3. The maximum Gasteiger partial charge on any atom is 0.340 e. The van der Waals surface area contributed by atoms with Crippen molar-refractivity contribution < 1.29 is 19.1 Å². The highest BCUT2D eigenvalue weighted by molar-refractivity contribution is 6.00. The van der Waals surface area contributed by atoms with E-state index in [9.17, 15) is 9.59 Å². The Hall–Kier alpha value is -3.02. The monoisotopic (exact) mass is 398 g/mol. The number of benzene rings is 2. The lowest BCUT2D eigenvalue weighted by atomic mass is 10.0. The largest absolute Gasteiger partial charge is 0.471 e. The number of carbonyl (C=O) groups excluding carboxylic acids is 2. The zero-order valence-electron chi connectivity index (χ0n) is 17.5. The van der Waals surface area contributed by atoms with Crippen LogP contribution in [-0.4, -0.2) is 24.8 Å². The van der Waals surface area contributed by atoms with Gasteiger partial charge in [-0.15, -0.1) is 0 Å².